The minimum atomic E-state index is 1.11. The molecule has 8 aromatic rings. The quantitative estimate of drug-likeness (QED) is 0.110. The topological polar surface area (TPSA) is 3.24 Å². The number of nitrogens with zero attached hydrogens (tertiary/aromatic N) is 1. The van der Waals surface area contributed by atoms with Crippen LogP contribution in [-0.2, 0) is 0 Å². The van der Waals surface area contributed by atoms with Crippen molar-refractivity contribution in [2.45, 2.75) is 6.92 Å². The van der Waals surface area contributed by atoms with Crippen molar-refractivity contribution in [3.63, 3.8) is 0 Å². The normalized spacial score (nSPS) is 11.7. The fourth-order valence-corrected chi connectivity index (χ4v) is 6.88. The molecule has 0 saturated heterocycles. The van der Waals surface area contributed by atoms with Crippen LogP contribution < -0.4 is 4.90 Å². The van der Waals surface area contributed by atoms with Crippen LogP contribution in [0.4, 0.5) is 11.4 Å². The maximum atomic E-state index is 2.27. The Labute approximate surface area is 306 Å². The molecular formula is C51H39N. The van der Waals surface area contributed by atoms with E-state index in [1.54, 1.807) is 0 Å². The van der Waals surface area contributed by atoms with Gasteiger partial charge in [0.2, 0.25) is 0 Å². The van der Waals surface area contributed by atoms with E-state index in [0.717, 1.165) is 11.4 Å². The highest BCUT2D eigenvalue weighted by molar-refractivity contribution is 6.05. The lowest BCUT2D eigenvalue weighted by molar-refractivity contribution is 1.28. The van der Waals surface area contributed by atoms with Crippen molar-refractivity contribution in [1.82, 2.24) is 0 Å². The molecule has 52 heavy (non-hydrogen) atoms. The van der Waals surface area contributed by atoms with Crippen molar-refractivity contribution >= 4 is 45.1 Å². The minimum absolute atomic E-state index is 1.11. The molecule has 0 unspecified atom stereocenters. The Hall–Kier alpha value is -6.70. The first-order valence-electron chi connectivity index (χ1n) is 17.9. The molecule has 0 atom stereocenters. The van der Waals surface area contributed by atoms with Crippen LogP contribution in [0.1, 0.15) is 18.1 Å². The number of rotatable bonds is 9. The highest BCUT2D eigenvalue weighted by atomic mass is 15.1. The van der Waals surface area contributed by atoms with Gasteiger partial charge in [0.25, 0.3) is 0 Å². The SMILES string of the molecule is CC=CC=CN(c1ccccc1)c1ccc(-c2ccc(-c3ccc(C=Cc4ccc(-c5ccc6ccccc6c5)cc4)cc3)c3ccccc23)cc1. The molecule has 248 valence electrons. The lowest BCUT2D eigenvalue weighted by atomic mass is 9.91. The number of fused-ring (bicyclic) bond motifs is 2. The van der Waals surface area contributed by atoms with Gasteiger partial charge in [0.1, 0.15) is 0 Å². The smallest absolute Gasteiger partial charge is 0.0455 e. The molecule has 0 aliphatic heterocycles. The number of allylic oxidation sites excluding steroid dienone is 3. The second-order valence-electron chi connectivity index (χ2n) is 13.0. The van der Waals surface area contributed by atoms with E-state index in [0.29, 0.717) is 0 Å². The largest absolute Gasteiger partial charge is 0.317 e. The minimum Gasteiger partial charge on any atom is -0.317 e. The lowest BCUT2D eigenvalue weighted by Gasteiger charge is -2.21. The molecule has 0 saturated carbocycles. The number of hydrogen-bond acceptors (Lipinski definition) is 1. The van der Waals surface area contributed by atoms with Gasteiger partial charge in [-0.3, -0.25) is 0 Å². The first-order valence-corrected chi connectivity index (χ1v) is 17.9. The molecule has 0 spiro atoms. The van der Waals surface area contributed by atoms with Gasteiger partial charge >= 0.3 is 0 Å². The van der Waals surface area contributed by atoms with Crippen molar-refractivity contribution in [1.29, 1.82) is 0 Å². The zero-order chi connectivity index (χ0) is 35.1. The van der Waals surface area contributed by atoms with E-state index in [-0.39, 0.29) is 0 Å². The predicted octanol–water partition coefficient (Wildman–Crippen LogP) is 14.4. The summed E-state index contributed by atoms with van der Waals surface area (Å²) in [4.78, 5) is 2.22. The second-order valence-corrected chi connectivity index (χ2v) is 13.0. The Morgan fingerprint density at radius 1 is 0.385 bits per heavy atom. The van der Waals surface area contributed by atoms with Crippen molar-refractivity contribution < 1.29 is 0 Å². The summed E-state index contributed by atoms with van der Waals surface area (Å²) in [5, 5.41) is 5.03. The molecule has 0 radical (unpaired) electrons. The maximum Gasteiger partial charge on any atom is 0.0455 e. The molecule has 0 aromatic heterocycles. The molecule has 8 rings (SSSR count). The summed E-state index contributed by atoms with van der Waals surface area (Å²) in [7, 11) is 0. The highest BCUT2D eigenvalue weighted by Crippen LogP contribution is 2.37. The molecule has 0 N–H and O–H groups in total. The standard InChI is InChI=1S/C51H39N/c1-2-3-11-36-52(46-14-5-4-6-15-46)47-32-30-43(31-33-47)49-35-34-48(50-16-9-10-17-51(49)50)42-26-22-39(23-27-42)19-18-38-20-24-41(25-21-38)45-29-28-40-12-7-8-13-44(40)37-45/h2-37H,1H3. The molecule has 1 nitrogen and oxygen atoms in total. The van der Waals surface area contributed by atoms with Crippen LogP contribution >= 0.6 is 0 Å². The van der Waals surface area contributed by atoms with Crippen molar-refractivity contribution in [2.24, 2.45) is 0 Å². The van der Waals surface area contributed by atoms with Gasteiger partial charge in [0, 0.05) is 17.6 Å². The molecule has 0 aliphatic carbocycles. The van der Waals surface area contributed by atoms with E-state index in [1.165, 1.54) is 66.1 Å². The highest BCUT2D eigenvalue weighted by Gasteiger charge is 2.11. The summed E-state index contributed by atoms with van der Waals surface area (Å²) in [6, 6.07) is 65.5. The van der Waals surface area contributed by atoms with Crippen molar-refractivity contribution in [3.8, 4) is 33.4 Å². The summed E-state index contributed by atoms with van der Waals surface area (Å²) in [5.41, 5.74) is 11.9. The van der Waals surface area contributed by atoms with Gasteiger partial charge in [0.05, 0.1) is 0 Å². The van der Waals surface area contributed by atoms with E-state index < -0.39 is 0 Å². The number of hydrogen-bond donors (Lipinski definition) is 0. The zero-order valence-corrected chi connectivity index (χ0v) is 29.2. The average molecular weight is 666 g/mol. The van der Waals surface area contributed by atoms with E-state index >= 15 is 0 Å². The maximum absolute atomic E-state index is 2.27. The number of benzene rings is 8. The van der Waals surface area contributed by atoms with Crippen LogP contribution in [0, 0.1) is 0 Å². The van der Waals surface area contributed by atoms with Crippen LogP contribution in [0.5, 0.6) is 0 Å². The molecule has 8 aromatic carbocycles. The van der Waals surface area contributed by atoms with Crippen LogP contribution in [-0.4, -0.2) is 0 Å². The van der Waals surface area contributed by atoms with Crippen molar-refractivity contribution in [2.75, 3.05) is 4.90 Å². The van der Waals surface area contributed by atoms with Gasteiger partial charge in [-0.25, -0.2) is 0 Å². The molecule has 0 bridgehead atoms. The molecule has 0 aliphatic rings. The third-order valence-electron chi connectivity index (χ3n) is 9.64. The predicted molar refractivity (Wildman–Crippen MR) is 226 cm³/mol. The van der Waals surface area contributed by atoms with E-state index in [4.69, 9.17) is 0 Å². The Kier molecular flexibility index (Phi) is 9.40. The summed E-state index contributed by atoms with van der Waals surface area (Å²) in [6.07, 6.45) is 12.6. The van der Waals surface area contributed by atoms with Crippen LogP contribution in [0.2, 0.25) is 0 Å². The fourth-order valence-electron chi connectivity index (χ4n) is 6.88. The van der Waals surface area contributed by atoms with Gasteiger partial charge in [-0.2, -0.15) is 0 Å². The second kappa shape index (κ2) is 15.0. The van der Waals surface area contributed by atoms with Gasteiger partial charge in [-0.05, 0) is 109 Å². The molecule has 0 amide bonds. The summed E-state index contributed by atoms with van der Waals surface area (Å²) >= 11 is 0. The zero-order valence-electron chi connectivity index (χ0n) is 29.2. The van der Waals surface area contributed by atoms with Crippen LogP contribution in [0.15, 0.2) is 206 Å². The Balaban J connectivity index is 1.01. The lowest BCUT2D eigenvalue weighted by Crippen LogP contribution is -2.07. The Bertz CT molecular complexity index is 2540. The van der Waals surface area contributed by atoms with Crippen LogP contribution in [0.25, 0.3) is 67.1 Å². The molecule has 0 heterocycles. The van der Waals surface area contributed by atoms with E-state index in [1.807, 2.05) is 13.0 Å². The Morgan fingerprint density at radius 3 is 1.50 bits per heavy atom. The third-order valence-corrected chi connectivity index (χ3v) is 9.64. The Morgan fingerprint density at radius 2 is 0.885 bits per heavy atom. The molecule has 1 heteroatoms. The fraction of sp³-hybridized carbons (Fsp3) is 0.0196. The monoisotopic (exact) mass is 665 g/mol. The van der Waals surface area contributed by atoms with E-state index in [2.05, 4.69) is 217 Å². The third kappa shape index (κ3) is 6.99. The first-order chi connectivity index (χ1) is 25.7. The molecule has 0 fully saturated rings. The number of anilines is 2. The molecular weight excluding hydrogens is 627 g/mol. The van der Waals surface area contributed by atoms with E-state index in [9.17, 15) is 0 Å². The average Bonchev–Trinajstić information content (AvgIpc) is 3.22. The summed E-state index contributed by atoms with van der Waals surface area (Å²) in [5.74, 6) is 0. The van der Waals surface area contributed by atoms with Gasteiger partial charge < -0.3 is 4.90 Å². The van der Waals surface area contributed by atoms with Crippen LogP contribution in [0.3, 0.4) is 0 Å². The number of para-hydroxylation sites is 1. The van der Waals surface area contributed by atoms with Crippen molar-refractivity contribution in [3.05, 3.63) is 218 Å². The summed E-state index contributed by atoms with van der Waals surface area (Å²) < 4.78 is 0. The summed E-state index contributed by atoms with van der Waals surface area (Å²) in [6.45, 7) is 2.03. The van der Waals surface area contributed by atoms with Gasteiger partial charge in [-0.15, -0.1) is 0 Å². The first kappa shape index (κ1) is 32.5. The van der Waals surface area contributed by atoms with Gasteiger partial charge in [0.15, 0.2) is 0 Å². The van der Waals surface area contributed by atoms with Gasteiger partial charge in [-0.1, -0.05) is 176 Å².